The van der Waals surface area contributed by atoms with Gasteiger partial charge >= 0.3 is 6.09 Å². The molecule has 0 aliphatic rings. The van der Waals surface area contributed by atoms with E-state index >= 15 is 0 Å². The van der Waals surface area contributed by atoms with E-state index in [-0.39, 0.29) is 6.54 Å². The highest BCUT2D eigenvalue weighted by Gasteiger charge is 2.18. The van der Waals surface area contributed by atoms with E-state index < -0.39 is 23.7 Å². The number of alkyl carbamates (subject to hydrolysis) is 1. The summed E-state index contributed by atoms with van der Waals surface area (Å²) in [6, 6.07) is 0. The number of carbonyl (C=O) groups excluding carboxylic acids is 2. The molecule has 6 nitrogen and oxygen atoms in total. The first-order valence-corrected chi connectivity index (χ1v) is 4.16. The standard InChI is InChI=1S/C8H16N2O4/c1-8(2,3)14-7(13)10-4-5(11)6(9)12/h5,11H,4H2,1-3H3,(H2,9,12)(H,10,13). The molecule has 0 radical (unpaired) electrons. The van der Waals surface area contributed by atoms with Gasteiger partial charge < -0.3 is 20.9 Å². The van der Waals surface area contributed by atoms with E-state index in [9.17, 15) is 9.59 Å². The van der Waals surface area contributed by atoms with Crippen molar-refractivity contribution in [3.05, 3.63) is 0 Å². The average Bonchev–Trinajstić information content (AvgIpc) is 1.96. The number of amides is 2. The van der Waals surface area contributed by atoms with Crippen molar-refractivity contribution in [2.45, 2.75) is 32.5 Å². The van der Waals surface area contributed by atoms with Gasteiger partial charge in [0.25, 0.3) is 0 Å². The molecule has 0 aromatic rings. The second kappa shape index (κ2) is 4.80. The summed E-state index contributed by atoms with van der Waals surface area (Å²) < 4.78 is 4.85. The summed E-state index contributed by atoms with van der Waals surface area (Å²) in [5.41, 5.74) is 4.16. The third-order valence-corrected chi connectivity index (χ3v) is 1.17. The molecule has 0 aliphatic carbocycles. The molecule has 82 valence electrons. The number of primary amides is 1. The van der Waals surface area contributed by atoms with Crippen LogP contribution in [-0.2, 0) is 9.53 Å². The third kappa shape index (κ3) is 6.24. The van der Waals surface area contributed by atoms with Gasteiger partial charge in [-0.2, -0.15) is 0 Å². The van der Waals surface area contributed by atoms with Gasteiger partial charge in [0.15, 0.2) is 0 Å². The minimum absolute atomic E-state index is 0.246. The lowest BCUT2D eigenvalue weighted by molar-refractivity contribution is -0.125. The number of hydrogen-bond donors (Lipinski definition) is 3. The van der Waals surface area contributed by atoms with Crippen molar-refractivity contribution in [2.24, 2.45) is 5.73 Å². The number of hydrogen-bond acceptors (Lipinski definition) is 4. The quantitative estimate of drug-likeness (QED) is 0.569. The zero-order valence-electron chi connectivity index (χ0n) is 8.53. The van der Waals surface area contributed by atoms with Gasteiger partial charge in [0.05, 0.1) is 6.54 Å². The Labute approximate surface area is 82.4 Å². The minimum Gasteiger partial charge on any atom is -0.444 e. The third-order valence-electron chi connectivity index (χ3n) is 1.17. The van der Waals surface area contributed by atoms with Gasteiger partial charge in [-0.1, -0.05) is 0 Å². The molecule has 0 bridgehead atoms. The first-order chi connectivity index (χ1) is 6.22. The Morgan fingerprint density at radius 3 is 2.36 bits per heavy atom. The number of nitrogens with one attached hydrogen (secondary N) is 1. The molecule has 0 spiro atoms. The molecule has 0 heterocycles. The molecule has 0 rings (SSSR count). The van der Waals surface area contributed by atoms with Crippen LogP contribution < -0.4 is 11.1 Å². The van der Waals surface area contributed by atoms with Crippen molar-refractivity contribution in [3.63, 3.8) is 0 Å². The van der Waals surface area contributed by atoms with Gasteiger partial charge in [-0.25, -0.2) is 4.79 Å². The minimum atomic E-state index is -1.39. The SMILES string of the molecule is CC(C)(C)OC(=O)NCC(O)C(N)=O. The predicted octanol–water partition coefficient (Wildman–Crippen LogP) is -0.643. The number of ether oxygens (including phenoxy) is 1. The van der Waals surface area contributed by atoms with Crippen LogP contribution in [0.5, 0.6) is 0 Å². The molecule has 0 aromatic heterocycles. The van der Waals surface area contributed by atoms with Crippen molar-refractivity contribution in [2.75, 3.05) is 6.54 Å². The van der Waals surface area contributed by atoms with Crippen LogP contribution >= 0.6 is 0 Å². The summed E-state index contributed by atoms with van der Waals surface area (Å²) in [5.74, 6) is -0.888. The van der Waals surface area contributed by atoms with Crippen LogP contribution in [0.4, 0.5) is 4.79 Å². The number of nitrogens with two attached hydrogens (primary N) is 1. The Morgan fingerprint density at radius 2 is 2.00 bits per heavy atom. The molecule has 0 fully saturated rings. The van der Waals surface area contributed by atoms with Crippen LogP contribution in [0.15, 0.2) is 0 Å². The average molecular weight is 204 g/mol. The second-order valence-electron chi connectivity index (χ2n) is 3.80. The molecule has 14 heavy (non-hydrogen) atoms. The maximum Gasteiger partial charge on any atom is 0.407 e. The van der Waals surface area contributed by atoms with Crippen LogP contribution in [0.1, 0.15) is 20.8 Å². The van der Waals surface area contributed by atoms with Gasteiger partial charge in [0.2, 0.25) is 5.91 Å². The lowest BCUT2D eigenvalue weighted by Crippen LogP contribution is -2.41. The first-order valence-electron chi connectivity index (χ1n) is 4.16. The highest BCUT2D eigenvalue weighted by Crippen LogP contribution is 2.06. The maximum atomic E-state index is 11.0. The van der Waals surface area contributed by atoms with E-state index in [1.807, 2.05) is 0 Å². The summed E-state index contributed by atoms with van der Waals surface area (Å²) in [5, 5.41) is 11.1. The van der Waals surface area contributed by atoms with Crippen LogP contribution in [-0.4, -0.2) is 35.4 Å². The lowest BCUT2D eigenvalue weighted by atomic mass is 10.2. The summed E-state index contributed by atoms with van der Waals surface area (Å²) in [4.78, 5) is 21.4. The zero-order valence-corrected chi connectivity index (χ0v) is 8.53. The highest BCUT2D eigenvalue weighted by molar-refractivity contribution is 5.79. The smallest absolute Gasteiger partial charge is 0.407 e. The van der Waals surface area contributed by atoms with Crippen LogP contribution in [0, 0.1) is 0 Å². The number of rotatable bonds is 3. The molecule has 2 amide bonds. The van der Waals surface area contributed by atoms with Gasteiger partial charge in [-0.3, -0.25) is 4.79 Å². The number of aliphatic hydroxyl groups excluding tert-OH is 1. The Balaban J connectivity index is 3.81. The molecule has 0 aromatic carbocycles. The van der Waals surface area contributed by atoms with E-state index in [4.69, 9.17) is 15.6 Å². The lowest BCUT2D eigenvalue weighted by Gasteiger charge is -2.20. The summed E-state index contributed by atoms with van der Waals surface area (Å²) in [7, 11) is 0. The van der Waals surface area contributed by atoms with Crippen LogP contribution in [0.2, 0.25) is 0 Å². The van der Waals surface area contributed by atoms with Crippen molar-refractivity contribution < 1.29 is 19.4 Å². The molecular weight excluding hydrogens is 188 g/mol. The van der Waals surface area contributed by atoms with Gasteiger partial charge in [-0.05, 0) is 20.8 Å². The maximum absolute atomic E-state index is 11.0. The monoisotopic (exact) mass is 204 g/mol. The van der Waals surface area contributed by atoms with Crippen molar-refractivity contribution in [1.29, 1.82) is 0 Å². The zero-order chi connectivity index (χ0) is 11.4. The topological polar surface area (TPSA) is 102 Å². The van der Waals surface area contributed by atoms with E-state index in [0.29, 0.717) is 0 Å². The van der Waals surface area contributed by atoms with E-state index in [2.05, 4.69) is 5.32 Å². The molecule has 6 heteroatoms. The summed E-state index contributed by atoms with van der Waals surface area (Å²) >= 11 is 0. The molecular formula is C8H16N2O4. The molecule has 1 atom stereocenters. The first kappa shape index (κ1) is 12.7. The predicted molar refractivity (Wildman–Crippen MR) is 49.4 cm³/mol. The van der Waals surface area contributed by atoms with Gasteiger partial charge in [0.1, 0.15) is 11.7 Å². The molecule has 0 aliphatic heterocycles. The number of carbonyl (C=O) groups is 2. The molecule has 4 N–H and O–H groups in total. The van der Waals surface area contributed by atoms with E-state index in [0.717, 1.165) is 0 Å². The van der Waals surface area contributed by atoms with Crippen LogP contribution in [0.25, 0.3) is 0 Å². The second-order valence-corrected chi connectivity index (χ2v) is 3.80. The Morgan fingerprint density at radius 1 is 1.50 bits per heavy atom. The van der Waals surface area contributed by atoms with Crippen molar-refractivity contribution in [1.82, 2.24) is 5.32 Å². The van der Waals surface area contributed by atoms with Crippen molar-refractivity contribution >= 4 is 12.0 Å². The Bertz CT molecular complexity index is 222. The largest absolute Gasteiger partial charge is 0.444 e. The number of aliphatic hydroxyl groups is 1. The molecule has 1 unspecified atom stereocenters. The highest BCUT2D eigenvalue weighted by atomic mass is 16.6. The van der Waals surface area contributed by atoms with E-state index in [1.54, 1.807) is 20.8 Å². The summed E-state index contributed by atoms with van der Waals surface area (Å²) in [6.07, 6.45) is -2.08. The Kier molecular flexibility index (Phi) is 4.36. The molecule has 0 saturated carbocycles. The van der Waals surface area contributed by atoms with Crippen molar-refractivity contribution in [3.8, 4) is 0 Å². The van der Waals surface area contributed by atoms with Gasteiger partial charge in [0, 0.05) is 0 Å². The fourth-order valence-electron chi connectivity index (χ4n) is 0.595. The molecule has 0 saturated heterocycles. The normalized spacial score (nSPS) is 13.1. The van der Waals surface area contributed by atoms with Gasteiger partial charge in [-0.15, -0.1) is 0 Å². The fourth-order valence-corrected chi connectivity index (χ4v) is 0.595. The van der Waals surface area contributed by atoms with Crippen LogP contribution in [0.3, 0.4) is 0 Å². The fraction of sp³-hybridized carbons (Fsp3) is 0.750. The Hall–Kier alpha value is -1.30. The van der Waals surface area contributed by atoms with E-state index in [1.165, 1.54) is 0 Å². The summed E-state index contributed by atoms with van der Waals surface area (Å²) in [6.45, 7) is 4.87.